The largest absolute Gasteiger partial charge is 0.496 e. The minimum atomic E-state index is 0.0423. The van der Waals surface area contributed by atoms with E-state index < -0.39 is 0 Å². The molecule has 6 nitrogen and oxygen atoms in total. The van der Waals surface area contributed by atoms with Crippen LogP contribution in [0.2, 0.25) is 0 Å². The van der Waals surface area contributed by atoms with Gasteiger partial charge < -0.3 is 29.0 Å². The molecular formula is C34H39NO5. The standard InChI is InChI=1S/C34H39NO5/c1-36-32-22-27(34(37-2)31-11-7-6-10-30(31)32)24-40-33-23-35-18-16-29(33)26-12-14-28(15-13-26)39-21-20-38-19-17-25-8-4-3-5-9-25/h3-15,22,29,33,35H,16-21,23-24H2,1-2H3. The molecule has 1 aliphatic heterocycles. The summed E-state index contributed by atoms with van der Waals surface area (Å²) in [6, 6.07) is 29.0. The second-order valence-electron chi connectivity index (χ2n) is 10.0. The molecule has 0 aliphatic carbocycles. The molecule has 0 bridgehead atoms. The highest BCUT2D eigenvalue weighted by Crippen LogP contribution is 2.38. The van der Waals surface area contributed by atoms with Crippen molar-refractivity contribution in [1.82, 2.24) is 5.32 Å². The fourth-order valence-electron chi connectivity index (χ4n) is 5.44. The van der Waals surface area contributed by atoms with E-state index >= 15 is 0 Å². The number of rotatable bonds is 13. The van der Waals surface area contributed by atoms with E-state index in [-0.39, 0.29) is 6.10 Å². The van der Waals surface area contributed by atoms with Gasteiger partial charge in [-0.15, -0.1) is 0 Å². The molecule has 0 aromatic heterocycles. The minimum Gasteiger partial charge on any atom is -0.496 e. The number of benzene rings is 4. The fourth-order valence-corrected chi connectivity index (χ4v) is 5.44. The molecule has 1 aliphatic rings. The normalized spacial score (nSPS) is 17.1. The van der Waals surface area contributed by atoms with Crippen molar-refractivity contribution < 1.29 is 23.7 Å². The lowest BCUT2D eigenvalue weighted by Gasteiger charge is -2.33. The lowest BCUT2D eigenvalue weighted by atomic mass is 9.87. The predicted octanol–water partition coefficient (Wildman–Crippen LogP) is 6.16. The van der Waals surface area contributed by atoms with Gasteiger partial charge in [-0.3, -0.25) is 0 Å². The van der Waals surface area contributed by atoms with E-state index in [0.29, 0.717) is 32.3 Å². The van der Waals surface area contributed by atoms with Crippen molar-refractivity contribution in [2.45, 2.75) is 31.5 Å². The molecule has 0 saturated carbocycles. The summed E-state index contributed by atoms with van der Waals surface area (Å²) in [4.78, 5) is 0. The van der Waals surface area contributed by atoms with E-state index in [2.05, 4.69) is 66.0 Å². The Morgan fingerprint density at radius 3 is 2.35 bits per heavy atom. The number of methoxy groups -OCH3 is 2. The van der Waals surface area contributed by atoms with E-state index in [0.717, 1.165) is 59.5 Å². The number of fused-ring (bicyclic) bond motifs is 1. The van der Waals surface area contributed by atoms with E-state index in [9.17, 15) is 0 Å². The van der Waals surface area contributed by atoms with E-state index in [1.54, 1.807) is 14.2 Å². The molecule has 6 heteroatoms. The summed E-state index contributed by atoms with van der Waals surface area (Å²) in [6.45, 7) is 4.01. The summed E-state index contributed by atoms with van der Waals surface area (Å²) in [5.74, 6) is 2.81. The van der Waals surface area contributed by atoms with Crippen LogP contribution in [0, 0.1) is 0 Å². The van der Waals surface area contributed by atoms with Gasteiger partial charge >= 0.3 is 0 Å². The molecule has 4 aromatic rings. The Hall–Kier alpha value is -3.58. The lowest BCUT2D eigenvalue weighted by Crippen LogP contribution is -2.41. The molecule has 1 N–H and O–H groups in total. The van der Waals surface area contributed by atoms with Gasteiger partial charge in [0.15, 0.2) is 0 Å². The Morgan fingerprint density at radius 2 is 1.57 bits per heavy atom. The SMILES string of the molecule is COc1cc(COC2CNCCC2c2ccc(OCCOCCc3ccccc3)cc2)c(OC)c2ccccc12. The fraction of sp³-hybridized carbons (Fsp3) is 0.353. The second kappa shape index (κ2) is 14.2. The number of nitrogens with one attached hydrogen (secondary N) is 1. The van der Waals surface area contributed by atoms with Crippen molar-refractivity contribution >= 4 is 10.8 Å². The molecule has 4 aromatic carbocycles. The number of hydrogen-bond acceptors (Lipinski definition) is 6. The zero-order valence-electron chi connectivity index (χ0n) is 23.4. The topological polar surface area (TPSA) is 58.2 Å². The third kappa shape index (κ3) is 6.94. The molecule has 1 heterocycles. The summed E-state index contributed by atoms with van der Waals surface area (Å²) in [6.07, 6.45) is 1.97. The Kier molecular flexibility index (Phi) is 9.91. The zero-order chi connectivity index (χ0) is 27.6. The first-order chi connectivity index (χ1) is 19.8. The molecule has 210 valence electrons. The molecule has 2 unspecified atom stereocenters. The smallest absolute Gasteiger partial charge is 0.132 e. The van der Waals surface area contributed by atoms with Crippen molar-refractivity contribution in [2.24, 2.45) is 0 Å². The van der Waals surface area contributed by atoms with E-state index in [1.165, 1.54) is 11.1 Å². The van der Waals surface area contributed by atoms with Crippen LogP contribution >= 0.6 is 0 Å². The summed E-state index contributed by atoms with van der Waals surface area (Å²) in [7, 11) is 3.41. The molecule has 1 saturated heterocycles. The van der Waals surface area contributed by atoms with Crippen LogP contribution in [0.15, 0.2) is 84.9 Å². The van der Waals surface area contributed by atoms with Gasteiger partial charge in [0, 0.05) is 28.8 Å². The van der Waals surface area contributed by atoms with Crippen LogP contribution in [-0.4, -0.2) is 53.2 Å². The van der Waals surface area contributed by atoms with Crippen LogP contribution in [0.25, 0.3) is 10.8 Å². The number of ether oxygens (including phenoxy) is 5. The van der Waals surface area contributed by atoms with Crippen LogP contribution in [0.3, 0.4) is 0 Å². The molecule has 0 spiro atoms. The van der Waals surface area contributed by atoms with Gasteiger partial charge in [0.1, 0.15) is 23.9 Å². The van der Waals surface area contributed by atoms with Crippen LogP contribution < -0.4 is 19.5 Å². The van der Waals surface area contributed by atoms with Crippen molar-refractivity contribution in [1.29, 1.82) is 0 Å². The summed E-state index contributed by atoms with van der Waals surface area (Å²) >= 11 is 0. The van der Waals surface area contributed by atoms with Gasteiger partial charge in [0.2, 0.25) is 0 Å². The maximum Gasteiger partial charge on any atom is 0.132 e. The quantitative estimate of drug-likeness (QED) is 0.205. The summed E-state index contributed by atoms with van der Waals surface area (Å²) in [5, 5.41) is 5.56. The third-order valence-corrected chi connectivity index (χ3v) is 7.52. The molecule has 5 rings (SSSR count). The average molecular weight is 542 g/mol. The first-order valence-corrected chi connectivity index (χ1v) is 14.1. The molecule has 0 amide bonds. The highest BCUT2D eigenvalue weighted by atomic mass is 16.5. The summed E-state index contributed by atoms with van der Waals surface area (Å²) < 4.78 is 29.7. The van der Waals surface area contributed by atoms with Gasteiger partial charge in [-0.25, -0.2) is 0 Å². The van der Waals surface area contributed by atoms with Crippen LogP contribution in [0.4, 0.5) is 0 Å². The first kappa shape index (κ1) is 28.0. The maximum atomic E-state index is 6.55. The predicted molar refractivity (Wildman–Crippen MR) is 159 cm³/mol. The number of hydrogen-bond donors (Lipinski definition) is 1. The first-order valence-electron chi connectivity index (χ1n) is 14.1. The molecule has 0 radical (unpaired) electrons. The number of piperidine rings is 1. The van der Waals surface area contributed by atoms with Gasteiger partial charge in [0.25, 0.3) is 0 Å². The Labute approximate surface area is 237 Å². The molecule has 1 fully saturated rings. The van der Waals surface area contributed by atoms with E-state index in [4.69, 9.17) is 23.7 Å². The molecule has 2 atom stereocenters. The van der Waals surface area contributed by atoms with Gasteiger partial charge in [-0.05, 0) is 48.7 Å². The average Bonchev–Trinajstić information content (AvgIpc) is 3.02. The van der Waals surface area contributed by atoms with Crippen LogP contribution in [-0.2, 0) is 22.5 Å². The Morgan fingerprint density at radius 1 is 0.800 bits per heavy atom. The zero-order valence-corrected chi connectivity index (χ0v) is 23.4. The highest BCUT2D eigenvalue weighted by Gasteiger charge is 2.28. The van der Waals surface area contributed by atoms with Gasteiger partial charge in [0.05, 0.1) is 40.1 Å². The van der Waals surface area contributed by atoms with Crippen molar-refractivity contribution in [3.05, 3.63) is 102 Å². The molecular weight excluding hydrogens is 502 g/mol. The Bertz CT molecular complexity index is 1340. The summed E-state index contributed by atoms with van der Waals surface area (Å²) in [5.41, 5.74) is 3.54. The third-order valence-electron chi connectivity index (χ3n) is 7.52. The second-order valence-corrected chi connectivity index (χ2v) is 10.0. The minimum absolute atomic E-state index is 0.0423. The maximum absolute atomic E-state index is 6.55. The Balaban J connectivity index is 1.16. The highest BCUT2D eigenvalue weighted by molar-refractivity contribution is 5.94. The van der Waals surface area contributed by atoms with Crippen LogP contribution in [0.1, 0.15) is 29.0 Å². The van der Waals surface area contributed by atoms with Crippen molar-refractivity contribution in [3.8, 4) is 17.2 Å². The molecule has 40 heavy (non-hydrogen) atoms. The van der Waals surface area contributed by atoms with Gasteiger partial charge in [-0.1, -0.05) is 66.7 Å². The van der Waals surface area contributed by atoms with Crippen molar-refractivity contribution in [3.63, 3.8) is 0 Å². The van der Waals surface area contributed by atoms with E-state index in [1.807, 2.05) is 24.3 Å². The van der Waals surface area contributed by atoms with Crippen molar-refractivity contribution in [2.75, 3.05) is 47.1 Å². The monoisotopic (exact) mass is 541 g/mol. The van der Waals surface area contributed by atoms with Gasteiger partial charge in [-0.2, -0.15) is 0 Å². The lowest BCUT2D eigenvalue weighted by molar-refractivity contribution is 0.00983. The van der Waals surface area contributed by atoms with Crippen LogP contribution in [0.5, 0.6) is 17.2 Å².